The Morgan fingerprint density at radius 3 is 2.52 bits per heavy atom. The molecule has 0 unspecified atom stereocenters. The molecule has 126 valence electrons. The molecule has 0 saturated heterocycles. The van der Waals surface area contributed by atoms with Crippen LogP contribution in [0.4, 0.5) is 0 Å². The second-order valence-electron chi connectivity index (χ2n) is 5.38. The first-order valence-corrected chi connectivity index (χ1v) is 7.36. The van der Waals surface area contributed by atoms with Gasteiger partial charge >= 0.3 is 5.97 Å². The van der Waals surface area contributed by atoms with Crippen molar-refractivity contribution in [2.75, 3.05) is 6.61 Å². The van der Waals surface area contributed by atoms with Crippen molar-refractivity contribution < 1.29 is 24.3 Å². The Morgan fingerprint density at radius 1 is 1.04 bits per heavy atom. The maximum absolute atomic E-state index is 12.2. The number of carbonyl (C=O) groups is 3. The molecule has 7 heteroatoms. The summed E-state index contributed by atoms with van der Waals surface area (Å²) in [6.45, 7) is -0.643. The van der Waals surface area contributed by atoms with Crippen molar-refractivity contribution in [1.82, 2.24) is 5.48 Å². The lowest BCUT2D eigenvalue weighted by atomic mass is 10.0. The van der Waals surface area contributed by atoms with E-state index in [-0.39, 0.29) is 11.1 Å². The number of primary amides is 1. The van der Waals surface area contributed by atoms with Gasteiger partial charge in [-0.05, 0) is 40.1 Å². The van der Waals surface area contributed by atoms with E-state index in [2.05, 4.69) is 0 Å². The summed E-state index contributed by atoms with van der Waals surface area (Å²) in [6, 6.07) is 14.1. The number of hydroxylamine groups is 1. The topological polar surface area (TPSA) is 119 Å². The minimum atomic E-state index is -0.865. The van der Waals surface area contributed by atoms with Crippen LogP contribution in [-0.4, -0.2) is 29.6 Å². The third-order valence-electron chi connectivity index (χ3n) is 3.80. The van der Waals surface area contributed by atoms with E-state index in [9.17, 15) is 14.4 Å². The molecule has 0 bridgehead atoms. The largest absolute Gasteiger partial charge is 0.452 e. The second kappa shape index (κ2) is 6.58. The number of esters is 1. The van der Waals surface area contributed by atoms with Gasteiger partial charge < -0.3 is 10.5 Å². The van der Waals surface area contributed by atoms with Gasteiger partial charge in [-0.2, -0.15) is 0 Å². The highest BCUT2D eigenvalue weighted by Crippen LogP contribution is 2.36. The van der Waals surface area contributed by atoms with E-state index >= 15 is 0 Å². The Bertz CT molecular complexity index is 967. The van der Waals surface area contributed by atoms with Gasteiger partial charge in [0.2, 0.25) is 5.91 Å². The molecule has 7 nitrogen and oxygen atoms in total. The van der Waals surface area contributed by atoms with E-state index < -0.39 is 24.4 Å². The molecule has 1 aromatic carbocycles. The number of amides is 2. The van der Waals surface area contributed by atoms with E-state index in [4.69, 9.17) is 15.7 Å². The maximum Gasteiger partial charge on any atom is 0.338 e. The molecule has 0 aliphatic heterocycles. The Balaban J connectivity index is 2.13. The molecule has 1 aromatic rings. The lowest BCUT2D eigenvalue weighted by Crippen LogP contribution is -2.25. The number of rotatable bonds is 4. The first kappa shape index (κ1) is 16.4. The fourth-order valence-corrected chi connectivity index (χ4v) is 2.69. The predicted molar refractivity (Wildman–Crippen MR) is 89.3 cm³/mol. The van der Waals surface area contributed by atoms with E-state index in [0.717, 1.165) is 11.1 Å². The van der Waals surface area contributed by atoms with Crippen molar-refractivity contribution in [3.8, 4) is 11.1 Å². The molecule has 0 fully saturated rings. The van der Waals surface area contributed by atoms with Crippen LogP contribution in [0.25, 0.3) is 21.9 Å². The van der Waals surface area contributed by atoms with Gasteiger partial charge in [0.05, 0.1) is 5.56 Å². The Morgan fingerprint density at radius 2 is 1.80 bits per heavy atom. The Kier molecular flexibility index (Phi) is 4.32. The van der Waals surface area contributed by atoms with Crippen LogP contribution in [0.15, 0.2) is 48.5 Å². The lowest BCUT2D eigenvalue weighted by molar-refractivity contribution is -0.132. The van der Waals surface area contributed by atoms with Gasteiger partial charge in [-0.25, -0.2) is 10.3 Å². The van der Waals surface area contributed by atoms with Crippen molar-refractivity contribution in [3.05, 3.63) is 59.7 Å². The number of nitrogens with one attached hydrogen (secondary N) is 1. The molecule has 0 aromatic heterocycles. The third-order valence-corrected chi connectivity index (χ3v) is 3.80. The molecular formula is C18H14N2O5. The van der Waals surface area contributed by atoms with Gasteiger partial charge in [-0.3, -0.25) is 14.8 Å². The highest BCUT2D eigenvalue weighted by atomic mass is 16.5. The van der Waals surface area contributed by atoms with Crippen molar-refractivity contribution in [2.45, 2.75) is 0 Å². The van der Waals surface area contributed by atoms with Crippen LogP contribution in [0.5, 0.6) is 0 Å². The average Bonchev–Trinajstić information content (AvgIpc) is 2.78. The summed E-state index contributed by atoms with van der Waals surface area (Å²) in [5.74, 6) is -2.34. The first-order valence-electron chi connectivity index (χ1n) is 7.36. The first-order chi connectivity index (χ1) is 12.0. The fraction of sp³-hybridized carbons (Fsp3) is 0.0556. The van der Waals surface area contributed by atoms with Crippen molar-refractivity contribution >= 4 is 28.6 Å². The van der Waals surface area contributed by atoms with E-state index in [0.29, 0.717) is 10.8 Å². The van der Waals surface area contributed by atoms with Crippen LogP contribution in [0.1, 0.15) is 20.7 Å². The zero-order chi connectivity index (χ0) is 18.0. The summed E-state index contributed by atoms with van der Waals surface area (Å²) in [6.07, 6.45) is 0. The average molecular weight is 338 g/mol. The van der Waals surface area contributed by atoms with Gasteiger partial charge in [-0.15, -0.1) is 0 Å². The molecule has 3 rings (SSSR count). The predicted octanol–water partition coefficient (Wildman–Crippen LogP) is 1.71. The van der Waals surface area contributed by atoms with Crippen LogP contribution in [0, 0.1) is 0 Å². The van der Waals surface area contributed by atoms with Crippen LogP contribution >= 0.6 is 0 Å². The molecule has 0 saturated carbocycles. The van der Waals surface area contributed by atoms with Gasteiger partial charge in [0, 0.05) is 5.56 Å². The molecule has 2 aliphatic rings. The quantitative estimate of drug-likeness (QED) is 0.380. The number of nitrogens with two attached hydrogens (primary N) is 1. The van der Waals surface area contributed by atoms with Crippen molar-refractivity contribution in [1.29, 1.82) is 0 Å². The van der Waals surface area contributed by atoms with E-state index in [1.165, 1.54) is 11.5 Å². The normalized spacial score (nSPS) is 10.6. The van der Waals surface area contributed by atoms with E-state index in [1.54, 1.807) is 6.07 Å². The van der Waals surface area contributed by atoms with Gasteiger partial charge in [0.15, 0.2) is 6.61 Å². The highest BCUT2D eigenvalue weighted by molar-refractivity contribution is 6.15. The SMILES string of the molecule is NC(=O)c1cc(C(=O)OCC(=O)NO)cc2c3cccccc-3cc12. The Hall–Kier alpha value is -3.45. The van der Waals surface area contributed by atoms with Crippen LogP contribution in [0.2, 0.25) is 0 Å². The minimum absolute atomic E-state index is 0.0889. The summed E-state index contributed by atoms with van der Waals surface area (Å²) < 4.78 is 4.81. The number of hydrogen-bond donors (Lipinski definition) is 3. The molecule has 0 radical (unpaired) electrons. The van der Waals surface area contributed by atoms with Crippen molar-refractivity contribution in [2.24, 2.45) is 5.73 Å². The number of fused-ring (bicyclic) bond motifs is 3. The lowest BCUT2D eigenvalue weighted by Gasteiger charge is -2.07. The monoisotopic (exact) mass is 338 g/mol. The number of benzene rings is 1. The summed E-state index contributed by atoms with van der Waals surface area (Å²) in [7, 11) is 0. The minimum Gasteiger partial charge on any atom is -0.452 e. The zero-order valence-electron chi connectivity index (χ0n) is 13.0. The van der Waals surface area contributed by atoms with Gasteiger partial charge in [0.25, 0.3) is 5.91 Å². The smallest absolute Gasteiger partial charge is 0.338 e. The van der Waals surface area contributed by atoms with Crippen LogP contribution in [-0.2, 0) is 9.53 Å². The van der Waals surface area contributed by atoms with Gasteiger partial charge in [0.1, 0.15) is 0 Å². The standard InChI is InChI=1S/C18H14N2O5/c19-17(22)15-8-11(18(23)25-9-16(21)20-24)7-13-12-5-3-1-2-4-10(12)6-14(13)15/h1-8,24H,9H2,(H2,19,22)(H,20,21). The van der Waals surface area contributed by atoms with Crippen molar-refractivity contribution in [3.63, 3.8) is 0 Å². The highest BCUT2D eigenvalue weighted by Gasteiger charge is 2.19. The molecule has 0 spiro atoms. The molecule has 0 atom stereocenters. The Labute approximate surface area is 142 Å². The van der Waals surface area contributed by atoms with E-state index in [1.807, 2.05) is 36.4 Å². The molecule has 2 amide bonds. The fourth-order valence-electron chi connectivity index (χ4n) is 2.69. The molecule has 4 N–H and O–H groups in total. The van der Waals surface area contributed by atoms with Crippen LogP contribution in [0.3, 0.4) is 0 Å². The summed E-state index contributed by atoms with van der Waals surface area (Å²) in [5, 5.41) is 9.76. The summed E-state index contributed by atoms with van der Waals surface area (Å²) in [4.78, 5) is 35.0. The number of ether oxygens (including phenoxy) is 1. The summed E-state index contributed by atoms with van der Waals surface area (Å²) in [5.41, 5.74) is 8.84. The molecule has 0 heterocycles. The van der Waals surface area contributed by atoms with Gasteiger partial charge in [-0.1, -0.05) is 30.3 Å². The third kappa shape index (κ3) is 3.13. The van der Waals surface area contributed by atoms with Crippen LogP contribution < -0.4 is 11.2 Å². The number of carbonyl (C=O) groups excluding carboxylic acids is 3. The maximum atomic E-state index is 12.2. The second-order valence-corrected chi connectivity index (χ2v) is 5.38. The zero-order valence-corrected chi connectivity index (χ0v) is 13.0. The molecule has 25 heavy (non-hydrogen) atoms. The molecule has 2 aliphatic carbocycles. The molecular weight excluding hydrogens is 324 g/mol. The summed E-state index contributed by atoms with van der Waals surface area (Å²) >= 11 is 0. The number of hydrogen-bond acceptors (Lipinski definition) is 5.